The van der Waals surface area contributed by atoms with Crippen molar-refractivity contribution >= 4 is 45.5 Å². The number of benzene rings is 3. The highest BCUT2D eigenvalue weighted by Crippen LogP contribution is 2.61. The Morgan fingerprint density at radius 3 is 2.24 bits per heavy atom. The van der Waals surface area contributed by atoms with Gasteiger partial charge in [-0.15, -0.1) is 0 Å². The molecule has 0 fully saturated rings. The zero-order chi connectivity index (χ0) is 25.1. The maximum Gasteiger partial charge on any atom is 0.357 e. The number of nitro benzene ring substituents is 1. The molecule has 0 heterocycles. The van der Waals surface area contributed by atoms with Crippen LogP contribution in [0.3, 0.4) is 0 Å². The molecule has 0 aliphatic heterocycles. The number of nitrogens with two attached hydrogens (primary N) is 2. The quantitative estimate of drug-likeness (QED) is 0.155. The van der Waals surface area contributed by atoms with Crippen LogP contribution in [-0.2, 0) is 23.6 Å². The van der Waals surface area contributed by atoms with Crippen molar-refractivity contribution in [1.82, 2.24) is 0 Å². The molecule has 0 aliphatic rings. The summed E-state index contributed by atoms with van der Waals surface area (Å²) in [5.41, 5.74) is 6.26. The number of nitrogens with one attached hydrogen (secondary N) is 1. The first-order valence-corrected chi connectivity index (χ1v) is 13.4. The van der Waals surface area contributed by atoms with Gasteiger partial charge in [0.25, 0.3) is 5.69 Å². The zero-order valence-corrected chi connectivity index (χ0v) is 20.2. The van der Waals surface area contributed by atoms with Crippen molar-refractivity contribution in [3.05, 3.63) is 70.3 Å². The highest BCUT2D eigenvalue weighted by Gasteiger charge is 2.38. The number of sulfonamides is 1. The lowest BCUT2D eigenvalue weighted by Crippen LogP contribution is -2.17. The van der Waals surface area contributed by atoms with Crippen molar-refractivity contribution in [2.24, 2.45) is 5.14 Å². The van der Waals surface area contributed by atoms with Crippen LogP contribution < -0.4 is 16.2 Å². The molecule has 0 saturated carbocycles. The number of rotatable bonds is 10. The van der Waals surface area contributed by atoms with Crippen LogP contribution in [0.4, 0.5) is 17.1 Å². The molecule has 182 valence electrons. The second-order valence-electron chi connectivity index (χ2n) is 7.17. The van der Waals surface area contributed by atoms with Gasteiger partial charge in [0.2, 0.25) is 10.0 Å². The van der Waals surface area contributed by atoms with Crippen molar-refractivity contribution in [3.8, 4) is 0 Å². The molecule has 0 radical (unpaired) electrons. The number of nitrogen functional groups attached to an aromatic ring is 1. The molecule has 0 aliphatic carbocycles. The van der Waals surface area contributed by atoms with E-state index in [1.165, 1.54) is 18.2 Å². The fourth-order valence-electron chi connectivity index (χ4n) is 3.66. The van der Waals surface area contributed by atoms with Gasteiger partial charge in [0.15, 0.2) is 5.78 Å². The Morgan fingerprint density at radius 2 is 1.71 bits per heavy atom. The van der Waals surface area contributed by atoms with E-state index in [1.807, 2.05) is 0 Å². The van der Waals surface area contributed by atoms with Crippen molar-refractivity contribution in [3.63, 3.8) is 0 Å². The monoisotopic (exact) mass is 508 g/mol. The third-order valence-electron chi connectivity index (χ3n) is 4.97. The normalized spacial score (nSPS) is 13.0. The third-order valence-corrected chi connectivity index (χ3v) is 8.22. The fourth-order valence-corrected chi connectivity index (χ4v) is 6.34. The van der Waals surface area contributed by atoms with Crippen LogP contribution in [0.5, 0.6) is 0 Å². The molecule has 0 amide bonds. The van der Waals surface area contributed by atoms with E-state index in [4.69, 9.17) is 19.9 Å². The van der Waals surface area contributed by atoms with Crippen LogP contribution in [0.25, 0.3) is 10.8 Å². The van der Waals surface area contributed by atoms with Gasteiger partial charge < -0.3 is 20.1 Å². The molecule has 3 aromatic carbocycles. The van der Waals surface area contributed by atoms with Gasteiger partial charge in [-0.05, 0) is 25.5 Å². The van der Waals surface area contributed by atoms with Crippen LogP contribution in [0.15, 0.2) is 59.5 Å². The number of non-ortho nitro benzene ring substituents is 1. The van der Waals surface area contributed by atoms with E-state index in [1.54, 1.807) is 44.2 Å². The summed E-state index contributed by atoms with van der Waals surface area (Å²) in [6.07, 6.45) is 0. The Bertz CT molecular complexity index is 1360. The van der Waals surface area contributed by atoms with Crippen LogP contribution in [0, 0.1) is 10.1 Å². The number of fused-ring (bicyclic) bond motifs is 1. The van der Waals surface area contributed by atoms with Crippen molar-refractivity contribution in [2.45, 2.75) is 24.5 Å². The van der Waals surface area contributed by atoms with Gasteiger partial charge >= 0.3 is 7.60 Å². The van der Waals surface area contributed by atoms with E-state index < -0.39 is 38.9 Å². The molecule has 0 aromatic heterocycles. The molecule has 5 N–H and O–H groups in total. The fraction of sp³-hybridized carbons (Fsp3) is 0.238. The first-order chi connectivity index (χ1) is 16.0. The Hall–Kier alpha value is -3.02. The van der Waals surface area contributed by atoms with Crippen LogP contribution in [0.1, 0.15) is 25.2 Å². The number of nitrogens with zero attached hydrogens (tertiary/aromatic N) is 1. The molecule has 13 heteroatoms. The van der Waals surface area contributed by atoms with Crippen molar-refractivity contribution in [2.75, 3.05) is 24.3 Å². The summed E-state index contributed by atoms with van der Waals surface area (Å²) in [5, 5.41) is 20.0. The lowest BCUT2D eigenvalue weighted by molar-refractivity contribution is -0.383. The van der Waals surface area contributed by atoms with Crippen LogP contribution in [-0.4, -0.2) is 26.6 Å². The molecule has 34 heavy (non-hydrogen) atoms. The number of anilines is 2. The molecular weight excluding hydrogens is 483 g/mol. The van der Waals surface area contributed by atoms with Crippen LogP contribution >= 0.6 is 7.60 Å². The highest BCUT2D eigenvalue weighted by atomic mass is 32.2. The lowest BCUT2D eigenvalue weighted by Gasteiger charge is -2.29. The average molecular weight is 508 g/mol. The van der Waals surface area contributed by atoms with Gasteiger partial charge in [-0.1, -0.05) is 42.5 Å². The topological polar surface area (TPSA) is 177 Å². The van der Waals surface area contributed by atoms with Crippen molar-refractivity contribution < 1.29 is 27.0 Å². The van der Waals surface area contributed by atoms with E-state index in [-0.39, 0.29) is 35.4 Å². The van der Waals surface area contributed by atoms with Crippen molar-refractivity contribution in [1.29, 1.82) is 0 Å². The molecule has 11 nitrogen and oxygen atoms in total. The van der Waals surface area contributed by atoms with Gasteiger partial charge in [0.1, 0.15) is 0 Å². The second kappa shape index (κ2) is 10.1. The number of hydrogen-bond acceptors (Lipinski definition) is 9. The number of nitro groups is 1. The second-order valence-corrected chi connectivity index (χ2v) is 10.8. The minimum atomic E-state index is -4.32. The van der Waals surface area contributed by atoms with Gasteiger partial charge in [0.05, 0.1) is 39.8 Å². The summed E-state index contributed by atoms with van der Waals surface area (Å²) >= 11 is 0. The van der Waals surface area contributed by atoms with E-state index in [0.717, 1.165) is 6.07 Å². The summed E-state index contributed by atoms with van der Waals surface area (Å²) in [6, 6.07) is 13.7. The largest absolute Gasteiger partial charge is 0.397 e. The van der Waals surface area contributed by atoms with Crippen LogP contribution in [0.2, 0.25) is 0 Å². The number of hydrogen-bond donors (Lipinski definition) is 3. The minimum absolute atomic E-state index is 0.0637. The Labute approximate surface area is 196 Å². The minimum Gasteiger partial charge on any atom is -0.397 e. The van der Waals surface area contributed by atoms with Gasteiger partial charge in [-0.25, -0.2) is 13.6 Å². The first-order valence-electron chi connectivity index (χ1n) is 10.3. The molecule has 3 aromatic rings. The molecule has 0 bridgehead atoms. The summed E-state index contributed by atoms with van der Waals surface area (Å²) in [5.74, 6) is -1.06. The van der Waals surface area contributed by atoms with Gasteiger partial charge in [-0.3, -0.25) is 14.7 Å². The lowest BCUT2D eigenvalue weighted by atomic mass is 10.0. The predicted octanol–water partition coefficient (Wildman–Crippen LogP) is 4.35. The highest BCUT2D eigenvalue weighted by molar-refractivity contribution is 7.89. The average Bonchev–Trinajstić information content (AvgIpc) is 2.77. The SMILES string of the molecule is CCOP(=O)(OCC)C(Nc1c(N)cc([N+](=O)[O-])c2c(S(N)(=O)=O)cccc12)c1ccccc1. The first kappa shape index (κ1) is 25.6. The molecule has 1 unspecified atom stereocenters. The zero-order valence-electron chi connectivity index (χ0n) is 18.5. The standard InChI is InChI=1S/C21H25N4O7PS/c1-3-31-33(28,32-4-2)21(14-9-6-5-7-10-14)24-20-15-11-8-12-18(34(23,29)30)19(15)17(25(26)27)13-16(20)22/h5-13,21,24H,3-4,22H2,1-2H3,(H2,23,29,30). The maximum absolute atomic E-state index is 13.8. The third kappa shape index (κ3) is 5.06. The maximum atomic E-state index is 13.8. The van der Waals surface area contributed by atoms with E-state index in [9.17, 15) is 23.1 Å². The summed E-state index contributed by atoms with van der Waals surface area (Å²) in [4.78, 5) is 10.6. The smallest absolute Gasteiger partial charge is 0.357 e. The van der Waals surface area contributed by atoms with E-state index >= 15 is 0 Å². The molecule has 0 spiro atoms. The number of primary sulfonamides is 1. The Balaban J connectivity index is 2.34. The molecular formula is C21H25N4O7PS. The van der Waals surface area contributed by atoms with E-state index in [2.05, 4.69) is 5.32 Å². The van der Waals surface area contributed by atoms with E-state index in [0.29, 0.717) is 5.56 Å². The summed E-state index contributed by atoms with van der Waals surface area (Å²) in [6.45, 7) is 3.52. The summed E-state index contributed by atoms with van der Waals surface area (Å²) in [7, 11) is -8.15. The Kier molecular flexibility index (Phi) is 7.59. The molecule has 1 atom stereocenters. The van der Waals surface area contributed by atoms with Gasteiger partial charge in [0, 0.05) is 11.5 Å². The van der Waals surface area contributed by atoms with Gasteiger partial charge in [-0.2, -0.15) is 0 Å². The molecule has 3 rings (SSSR count). The summed E-state index contributed by atoms with van der Waals surface area (Å²) < 4.78 is 49.3. The Morgan fingerprint density at radius 1 is 1.09 bits per heavy atom. The molecule has 0 saturated heterocycles. The predicted molar refractivity (Wildman–Crippen MR) is 130 cm³/mol.